The summed E-state index contributed by atoms with van der Waals surface area (Å²) in [5, 5.41) is 8.87. The van der Waals surface area contributed by atoms with Gasteiger partial charge in [0.25, 0.3) is 0 Å². The largest absolute Gasteiger partial charge is 0.478 e. The summed E-state index contributed by atoms with van der Waals surface area (Å²) in [6, 6.07) is 17.0. The van der Waals surface area contributed by atoms with Crippen molar-refractivity contribution in [3.63, 3.8) is 0 Å². The second-order valence-electron chi connectivity index (χ2n) is 3.93. The number of benzene rings is 2. The molecule has 1 N–H and O–H groups in total. The van der Waals surface area contributed by atoms with Gasteiger partial charge < -0.3 is 10.0 Å². The van der Waals surface area contributed by atoms with Gasteiger partial charge in [0.05, 0.1) is 5.56 Å². The zero-order valence-electron chi connectivity index (χ0n) is 10.2. The van der Waals surface area contributed by atoms with Crippen LogP contribution in [0, 0.1) is 0 Å². The van der Waals surface area contributed by atoms with Gasteiger partial charge in [-0.25, -0.2) is 4.79 Å². The Bertz CT molecular complexity index is 520. The van der Waals surface area contributed by atoms with E-state index in [0.29, 0.717) is 5.56 Å². The third kappa shape index (κ3) is 2.51. The van der Waals surface area contributed by atoms with Crippen molar-refractivity contribution in [1.29, 1.82) is 0 Å². The van der Waals surface area contributed by atoms with E-state index in [-0.39, 0.29) is 0 Å². The molecule has 0 unspecified atom stereocenters. The Labute approximate surface area is 106 Å². The summed E-state index contributed by atoms with van der Waals surface area (Å²) in [5.41, 5.74) is 2.40. The molecule has 2 aromatic rings. The fourth-order valence-corrected chi connectivity index (χ4v) is 1.91. The Morgan fingerprint density at radius 3 is 2.06 bits per heavy atom. The molecule has 0 aliphatic carbocycles. The van der Waals surface area contributed by atoms with Crippen LogP contribution in [0.2, 0.25) is 0 Å². The van der Waals surface area contributed by atoms with Crippen LogP contribution in [0.15, 0.2) is 54.6 Å². The Morgan fingerprint density at radius 2 is 1.56 bits per heavy atom. The third-order valence-electron chi connectivity index (χ3n) is 2.81. The number of carboxylic acids is 1. The molecule has 0 bridgehead atoms. The highest BCUT2D eigenvalue weighted by molar-refractivity contribution is 5.88. The summed E-state index contributed by atoms with van der Waals surface area (Å²) in [7, 11) is 0. The van der Waals surface area contributed by atoms with Crippen LogP contribution in [-0.2, 0) is 0 Å². The predicted octanol–water partition coefficient (Wildman–Crippen LogP) is 3.54. The lowest BCUT2D eigenvalue weighted by Crippen LogP contribution is -2.15. The summed E-state index contributed by atoms with van der Waals surface area (Å²) in [6.07, 6.45) is 0. The first-order valence-electron chi connectivity index (χ1n) is 5.88. The van der Waals surface area contributed by atoms with Gasteiger partial charge in [-0.3, -0.25) is 0 Å². The first-order valence-corrected chi connectivity index (χ1v) is 5.88. The highest BCUT2D eigenvalue weighted by atomic mass is 16.4. The Kier molecular flexibility index (Phi) is 3.63. The summed E-state index contributed by atoms with van der Waals surface area (Å²) in [6.45, 7) is 2.90. The van der Waals surface area contributed by atoms with Gasteiger partial charge in [-0.05, 0) is 43.3 Å². The van der Waals surface area contributed by atoms with E-state index in [1.807, 2.05) is 42.5 Å². The number of rotatable bonds is 4. The maximum Gasteiger partial charge on any atom is 0.335 e. The molecule has 2 rings (SSSR count). The number of hydrogen-bond donors (Lipinski definition) is 1. The van der Waals surface area contributed by atoms with Crippen molar-refractivity contribution in [2.45, 2.75) is 6.92 Å². The lowest BCUT2D eigenvalue weighted by molar-refractivity contribution is 0.0697. The van der Waals surface area contributed by atoms with Gasteiger partial charge >= 0.3 is 5.97 Å². The molecule has 2 aromatic carbocycles. The Balaban J connectivity index is 2.31. The number of aromatic carboxylic acids is 1. The van der Waals surface area contributed by atoms with E-state index < -0.39 is 5.97 Å². The zero-order valence-corrected chi connectivity index (χ0v) is 10.2. The second-order valence-corrected chi connectivity index (χ2v) is 3.93. The number of anilines is 2. The molecule has 0 heterocycles. The minimum Gasteiger partial charge on any atom is -0.478 e. The first kappa shape index (κ1) is 12.2. The molecule has 0 aliphatic rings. The minimum absolute atomic E-state index is 0.308. The smallest absolute Gasteiger partial charge is 0.335 e. The van der Waals surface area contributed by atoms with Gasteiger partial charge in [-0.15, -0.1) is 0 Å². The van der Waals surface area contributed by atoms with Crippen molar-refractivity contribution < 1.29 is 9.90 Å². The van der Waals surface area contributed by atoms with E-state index in [9.17, 15) is 4.79 Å². The van der Waals surface area contributed by atoms with Crippen molar-refractivity contribution in [2.24, 2.45) is 0 Å². The molecule has 3 heteroatoms. The Hall–Kier alpha value is -2.29. The highest BCUT2D eigenvalue weighted by Gasteiger charge is 2.08. The van der Waals surface area contributed by atoms with Crippen LogP contribution >= 0.6 is 0 Å². The van der Waals surface area contributed by atoms with Crippen LogP contribution in [0.1, 0.15) is 17.3 Å². The lowest BCUT2D eigenvalue weighted by atomic mass is 10.2. The second kappa shape index (κ2) is 5.36. The van der Waals surface area contributed by atoms with Gasteiger partial charge in [-0.1, -0.05) is 18.2 Å². The van der Waals surface area contributed by atoms with E-state index in [2.05, 4.69) is 11.8 Å². The summed E-state index contributed by atoms with van der Waals surface area (Å²) < 4.78 is 0. The van der Waals surface area contributed by atoms with Gasteiger partial charge in [0.2, 0.25) is 0 Å². The summed E-state index contributed by atoms with van der Waals surface area (Å²) in [4.78, 5) is 12.9. The summed E-state index contributed by atoms with van der Waals surface area (Å²) in [5.74, 6) is -0.899. The fourth-order valence-electron chi connectivity index (χ4n) is 1.91. The molecule has 0 spiro atoms. The minimum atomic E-state index is -0.899. The molecule has 0 aliphatic heterocycles. The molecule has 18 heavy (non-hydrogen) atoms. The third-order valence-corrected chi connectivity index (χ3v) is 2.81. The van der Waals surface area contributed by atoms with Crippen molar-refractivity contribution in [1.82, 2.24) is 0 Å². The van der Waals surface area contributed by atoms with Crippen molar-refractivity contribution >= 4 is 17.3 Å². The number of carboxylic acid groups (broad SMARTS) is 1. The molecule has 0 saturated carbocycles. The quantitative estimate of drug-likeness (QED) is 0.890. The molecule has 0 atom stereocenters. The standard InChI is InChI=1S/C15H15NO2/c1-2-16(13-6-4-3-5-7-13)14-10-8-12(9-11-14)15(17)18/h3-11H,2H2,1H3,(H,17,18). The van der Waals surface area contributed by atoms with Crippen LogP contribution < -0.4 is 4.90 Å². The number of carbonyl (C=O) groups is 1. The number of hydrogen-bond acceptors (Lipinski definition) is 2. The topological polar surface area (TPSA) is 40.5 Å². The Morgan fingerprint density at radius 1 is 1.00 bits per heavy atom. The molecule has 0 fully saturated rings. The molecule has 92 valence electrons. The molecule has 0 saturated heterocycles. The maximum atomic E-state index is 10.8. The van der Waals surface area contributed by atoms with E-state index in [1.165, 1.54) is 0 Å². The monoisotopic (exact) mass is 241 g/mol. The van der Waals surface area contributed by atoms with Crippen LogP contribution in [0.25, 0.3) is 0 Å². The molecule has 0 amide bonds. The first-order chi connectivity index (χ1) is 8.72. The zero-order chi connectivity index (χ0) is 13.0. The average Bonchev–Trinajstić information content (AvgIpc) is 2.41. The molecule has 3 nitrogen and oxygen atoms in total. The van der Waals surface area contributed by atoms with E-state index in [0.717, 1.165) is 17.9 Å². The lowest BCUT2D eigenvalue weighted by Gasteiger charge is -2.23. The van der Waals surface area contributed by atoms with Crippen molar-refractivity contribution in [2.75, 3.05) is 11.4 Å². The van der Waals surface area contributed by atoms with Crippen LogP contribution in [-0.4, -0.2) is 17.6 Å². The van der Waals surface area contributed by atoms with Crippen LogP contribution in [0.4, 0.5) is 11.4 Å². The summed E-state index contributed by atoms with van der Waals surface area (Å²) >= 11 is 0. The number of nitrogens with zero attached hydrogens (tertiary/aromatic N) is 1. The molecular weight excluding hydrogens is 226 g/mol. The molecule has 0 aromatic heterocycles. The van der Waals surface area contributed by atoms with Gasteiger partial charge in [-0.2, -0.15) is 0 Å². The van der Waals surface area contributed by atoms with E-state index in [4.69, 9.17) is 5.11 Å². The van der Waals surface area contributed by atoms with E-state index in [1.54, 1.807) is 12.1 Å². The van der Waals surface area contributed by atoms with Crippen LogP contribution in [0.3, 0.4) is 0 Å². The fraction of sp³-hybridized carbons (Fsp3) is 0.133. The molecule has 0 radical (unpaired) electrons. The predicted molar refractivity (Wildman–Crippen MR) is 72.5 cm³/mol. The van der Waals surface area contributed by atoms with Crippen molar-refractivity contribution in [3.05, 3.63) is 60.2 Å². The highest BCUT2D eigenvalue weighted by Crippen LogP contribution is 2.24. The van der Waals surface area contributed by atoms with Gasteiger partial charge in [0.1, 0.15) is 0 Å². The molecular formula is C15H15NO2. The van der Waals surface area contributed by atoms with Crippen molar-refractivity contribution in [3.8, 4) is 0 Å². The number of para-hydroxylation sites is 1. The maximum absolute atomic E-state index is 10.8. The average molecular weight is 241 g/mol. The van der Waals surface area contributed by atoms with Gasteiger partial charge in [0, 0.05) is 17.9 Å². The van der Waals surface area contributed by atoms with E-state index >= 15 is 0 Å². The van der Waals surface area contributed by atoms with Crippen LogP contribution in [0.5, 0.6) is 0 Å². The van der Waals surface area contributed by atoms with Gasteiger partial charge in [0.15, 0.2) is 0 Å². The normalized spacial score (nSPS) is 10.1. The SMILES string of the molecule is CCN(c1ccccc1)c1ccc(C(=O)O)cc1.